The maximum atomic E-state index is 12.9. The van der Waals surface area contributed by atoms with E-state index in [0.29, 0.717) is 50.7 Å². The average molecular weight is 530 g/mol. The maximum absolute atomic E-state index is 12.9. The lowest BCUT2D eigenvalue weighted by atomic mass is 9.93. The number of esters is 1. The molecule has 0 aliphatic heterocycles. The number of hydrazone groups is 1. The van der Waals surface area contributed by atoms with E-state index in [1.54, 1.807) is 37.3 Å². The molecule has 0 unspecified atom stereocenters. The Hall–Kier alpha value is -2.90. The Labute approximate surface area is 205 Å². The third kappa shape index (κ3) is 4.75. The first-order valence-electron chi connectivity index (χ1n) is 10.5. The SMILES string of the molecule is Cc1cc(OC(=O)c2oc3c(c2C)/C(=N/NC(=O)c2ccccc2Br)CCC3)cc(C)c1Cl. The van der Waals surface area contributed by atoms with Gasteiger partial charge in [-0.15, -0.1) is 0 Å². The molecule has 1 heterocycles. The highest BCUT2D eigenvalue weighted by atomic mass is 79.9. The highest BCUT2D eigenvalue weighted by Crippen LogP contribution is 2.32. The number of benzene rings is 2. The van der Waals surface area contributed by atoms with Crippen molar-refractivity contribution in [2.24, 2.45) is 5.10 Å². The number of ether oxygens (including phenoxy) is 1. The van der Waals surface area contributed by atoms with Crippen molar-refractivity contribution in [1.29, 1.82) is 0 Å². The van der Waals surface area contributed by atoms with Crippen molar-refractivity contribution < 1.29 is 18.7 Å². The van der Waals surface area contributed by atoms with Crippen LogP contribution in [-0.2, 0) is 6.42 Å². The standard InChI is InChI=1S/C25H22BrClN2O4/c1-13-11-16(12-14(2)22(13)27)32-25(31)23-15(3)21-19(9-6-10-20(21)33-23)28-29-24(30)17-7-4-5-8-18(17)26/h4-5,7-8,11-12H,6,9-10H2,1-3H3,(H,29,30)/b28-19+. The van der Waals surface area contributed by atoms with Crippen LogP contribution in [0, 0.1) is 20.8 Å². The molecule has 1 amide bonds. The van der Waals surface area contributed by atoms with Gasteiger partial charge in [0, 0.05) is 27.0 Å². The fourth-order valence-electron chi connectivity index (χ4n) is 3.92. The van der Waals surface area contributed by atoms with E-state index in [2.05, 4.69) is 26.5 Å². The Kier molecular flexibility index (Phi) is 6.72. The second-order valence-corrected chi connectivity index (χ2v) is 9.18. The minimum atomic E-state index is -0.584. The van der Waals surface area contributed by atoms with Crippen LogP contribution in [0.25, 0.3) is 0 Å². The molecule has 1 aliphatic rings. The number of amides is 1. The second kappa shape index (κ2) is 9.53. The minimum absolute atomic E-state index is 0.136. The Bertz CT molecular complexity index is 1270. The summed E-state index contributed by atoms with van der Waals surface area (Å²) in [6.07, 6.45) is 2.14. The van der Waals surface area contributed by atoms with E-state index in [-0.39, 0.29) is 11.7 Å². The Morgan fingerprint density at radius 3 is 2.52 bits per heavy atom. The molecule has 6 nitrogen and oxygen atoms in total. The molecular weight excluding hydrogens is 508 g/mol. The smallest absolute Gasteiger partial charge is 0.379 e. The van der Waals surface area contributed by atoms with Crippen LogP contribution in [0.2, 0.25) is 5.02 Å². The zero-order valence-corrected chi connectivity index (χ0v) is 20.8. The van der Waals surface area contributed by atoms with Gasteiger partial charge in [-0.05, 0) is 84.9 Å². The fourth-order valence-corrected chi connectivity index (χ4v) is 4.49. The number of fused-ring (bicyclic) bond motifs is 1. The van der Waals surface area contributed by atoms with E-state index in [4.69, 9.17) is 20.8 Å². The molecule has 0 bridgehead atoms. The van der Waals surface area contributed by atoms with Gasteiger partial charge in [-0.2, -0.15) is 5.10 Å². The van der Waals surface area contributed by atoms with Crippen LogP contribution in [0.3, 0.4) is 0 Å². The van der Waals surface area contributed by atoms with E-state index in [1.165, 1.54) is 0 Å². The van der Waals surface area contributed by atoms with Crippen molar-refractivity contribution in [3.63, 3.8) is 0 Å². The van der Waals surface area contributed by atoms with Gasteiger partial charge in [0.25, 0.3) is 5.91 Å². The van der Waals surface area contributed by atoms with Crippen LogP contribution in [0.4, 0.5) is 0 Å². The van der Waals surface area contributed by atoms with Crippen LogP contribution < -0.4 is 10.2 Å². The Morgan fingerprint density at radius 1 is 1.12 bits per heavy atom. The second-order valence-electron chi connectivity index (χ2n) is 7.95. The number of nitrogens with zero attached hydrogens (tertiary/aromatic N) is 1. The summed E-state index contributed by atoms with van der Waals surface area (Å²) in [5, 5.41) is 5.01. The average Bonchev–Trinajstić information content (AvgIpc) is 3.13. The lowest BCUT2D eigenvalue weighted by molar-refractivity contribution is 0.0698. The molecule has 4 rings (SSSR count). The van der Waals surface area contributed by atoms with E-state index in [9.17, 15) is 9.59 Å². The number of hydrogen-bond acceptors (Lipinski definition) is 5. The van der Waals surface area contributed by atoms with E-state index in [0.717, 1.165) is 23.1 Å². The predicted octanol–water partition coefficient (Wildman–Crippen LogP) is 6.31. The predicted molar refractivity (Wildman–Crippen MR) is 130 cm³/mol. The summed E-state index contributed by atoms with van der Waals surface area (Å²) in [4.78, 5) is 25.4. The summed E-state index contributed by atoms with van der Waals surface area (Å²) in [5.41, 5.74) is 6.83. The lowest BCUT2D eigenvalue weighted by Gasteiger charge is -2.13. The van der Waals surface area contributed by atoms with E-state index < -0.39 is 5.97 Å². The zero-order chi connectivity index (χ0) is 23.7. The number of aryl methyl sites for hydroxylation is 3. The van der Waals surface area contributed by atoms with Gasteiger partial charge < -0.3 is 9.15 Å². The maximum Gasteiger partial charge on any atom is 0.379 e. The van der Waals surface area contributed by atoms with Crippen molar-refractivity contribution in [3.8, 4) is 5.75 Å². The van der Waals surface area contributed by atoms with Gasteiger partial charge in [-0.1, -0.05) is 23.7 Å². The molecule has 0 fully saturated rings. The van der Waals surface area contributed by atoms with Crippen molar-refractivity contribution in [1.82, 2.24) is 5.43 Å². The fraction of sp³-hybridized carbons (Fsp3) is 0.240. The Balaban J connectivity index is 1.58. The van der Waals surface area contributed by atoms with Gasteiger partial charge in [0.2, 0.25) is 5.76 Å². The molecule has 0 saturated carbocycles. The monoisotopic (exact) mass is 528 g/mol. The van der Waals surface area contributed by atoms with Crippen molar-refractivity contribution in [2.45, 2.75) is 40.0 Å². The number of rotatable bonds is 4. The molecule has 2 aromatic carbocycles. The third-order valence-corrected chi connectivity index (χ3v) is 6.83. The highest BCUT2D eigenvalue weighted by molar-refractivity contribution is 9.10. The van der Waals surface area contributed by atoms with Gasteiger partial charge in [0.05, 0.1) is 11.3 Å². The summed E-state index contributed by atoms with van der Waals surface area (Å²) in [6, 6.07) is 10.6. The van der Waals surface area contributed by atoms with Gasteiger partial charge >= 0.3 is 5.97 Å². The summed E-state index contributed by atoms with van der Waals surface area (Å²) in [6.45, 7) is 5.51. The number of furan rings is 1. The minimum Gasteiger partial charge on any atom is -0.453 e. The molecule has 0 saturated heterocycles. The quantitative estimate of drug-likeness (QED) is 0.244. The normalized spacial score (nSPS) is 14.2. The van der Waals surface area contributed by atoms with Crippen LogP contribution in [0.15, 0.2) is 50.4 Å². The van der Waals surface area contributed by atoms with Crippen molar-refractivity contribution in [3.05, 3.63) is 85.2 Å². The number of halogens is 2. The molecule has 33 heavy (non-hydrogen) atoms. The zero-order valence-electron chi connectivity index (χ0n) is 18.4. The summed E-state index contributed by atoms with van der Waals surface area (Å²) in [5.74, 6) is 0.304. The van der Waals surface area contributed by atoms with Crippen molar-refractivity contribution >= 4 is 45.1 Å². The molecule has 1 aromatic heterocycles. The van der Waals surface area contributed by atoms with Gasteiger partial charge in [-0.25, -0.2) is 10.2 Å². The van der Waals surface area contributed by atoms with Gasteiger partial charge in [0.15, 0.2) is 0 Å². The Morgan fingerprint density at radius 2 is 1.82 bits per heavy atom. The summed E-state index contributed by atoms with van der Waals surface area (Å²) >= 11 is 9.58. The van der Waals surface area contributed by atoms with Gasteiger partial charge in [0.1, 0.15) is 11.5 Å². The van der Waals surface area contributed by atoms with E-state index in [1.807, 2.05) is 19.9 Å². The topological polar surface area (TPSA) is 80.9 Å². The van der Waals surface area contributed by atoms with Crippen LogP contribution >= 0.6 is 27.5 Å². The lowest BCUT2D eigenvalue weighted by Crippen LogP contribution is -2.22. The van der Waals surface area contributed by atoms with Crippen molar-refractivity contribution in [2.75, 3.05) is 0 Å². The number of hydrogen-bond donors (Lipinski definition) is 1. The first-order chi connectivity index (χ1) is 15.8. The molecule has 0 atom stereocenters. The molecule has 1 aliphatic carbocycles. The van der Waals surface area contributed by atoms with E-state index >= 15 is 0 Å². The molecule has 8 heteroatoms. The number of carbonyl (C=O) groups excluding carboxylic acids is 2. The molecule has 0 spiro atoms. The van der Waals surface area contributed by atoms with Crippen LogP contribution in [0.5, 0.6) is 5.75 Å². The first kappa shape index (κ1) is 23.3. The largest absolute Gasteiger partial charge is 0.453 e. The highest BCUT2D eigenvalue weighted by Gasteiger charge is 2.29. The third-order valence-electron chi connectivity index (χ3n) is 5.54. The van der Waals surface area contributed by atoms with Gasteiger partial charge in [-0.3, -0.25) is 4.79 Å². The first-order valence-corrected chi connectivity index (χ1v) is 11.7. The molecule has 170 valence electrons. The number of nitrogens with one attached hydrogen (secondary N) is 1. The molecule has 0 radical (unpaired) electrons. The number of carbonyl (C=O) groups is 2. The summed E-state index contributed by atoms with van der Waals surface area (Å²) < 4.78 is 12.2. The molecule has 3 aromatic rings. The summed E-state index contributed by atoms with van der Waals surface area (Å²) in [7, 11) is 0. The van der Waals surface area contributed by atoms with Crippen LogP contribution in [0.1, 0.15) is 61.8 Å². The molecule has 1 N–H and O–H groups in total. The molecular formula is C25H22BrClN2O4. The van der Waals surface area contributed by atoms with Crippen LogP contribution in [-0.4, -0.2) is 17.6 Å².